The number of benzene rings is 1. The van der Waals surface area contributed by atoms with Crippen molar-refractivity contribution in [1.29, 1.82) is 0 Å². The van der Waals surface area contributed by atoms with Crippen molar-refractivity contribution < 1.29 is 22.2 Å². The van der Waals surface area contributed by atoms with Crippen molar-refractivity contribution in [1.82, 2.24) is 25.6 Å². The number of alkyl carbamates (subject to hydrolysis) is 1. The van der Waals surface area contributed by atoms with Gasteiger partial charge in [-0.05, 0) is 57.4 Å². The van der Waals surface area contributed by atoms with E-state index in [4.69, 9.17) is 19.4 Å². The van der Waals surface area contributed by atoms with E-state index < -0.39 is 35.2 Å². The smallest absolute Gasteiger partial charge is 0.408 e. The molecule has 2 aromatic heterocycles. The van der Waals surface area contributed by atoms with Crippen LogP contribution in [-0.2, 0) is 17.4 Å². The molecule has 4 rings (SSSR count). The average Bonchev–Trinajstić information content (AvgIpc) is 3.37. The first kappa shape index (κ1) is 28.9. The summed E-state index contributed by atoms with van der Waals surface area (Å²) in [5, 5.41) is 7.21. The molecule has 3 aromatic rings. The number of halogens is 2. The van der Waals surface area contributed by atoms with Crippen LogP contribution < -0.4 is 15.5 Å². The standard InChI is InChI=1S/C26H30ClIN6O5/c1-25(2,3)38-24(37)33-26(9-12-34(13-10-26)22-18-8-11-29-21(18)30-15-31-22)23(36)32-19(14-20(35)39-28)16-4-6-17(27)7-5-16/h4-8,11,15,19H,9-10,12-14H2,1-3H3,(H,32,36)(H,33,37)(H,29,30,31). The number of carbonyl (C=O) groups excluding carboxylic acids is 3. The first-order chi connectivity index (χ1) is 18.5. The maximum Gasteiger partial charge on any atom is 0.408 e. The molecule has 1 aliphatic heterocycles. The van der Waals surface area contributed by atoms with E-state index in [0.29, 0.717) is 23.7 Å². The van der Waals surface area contributed by atoms with Crippen molar-refractivity contribution in [2.24, 2.45) is 0 Å². The zero-order valence-corrected chi connectivity index (χ0v) is 24.7. The number of fused-ring (bicyclic) bond motifs is 1. The fourth-order valence-electron chi connectivity index (χ4n) is 4.56. The Morgan fingerprint density at radius 1 is 1.15 bits per heavy atom. The lowest BCUT2D eigenvalue weighted by atomic mass is 9.85. The molecule has 3 heterocycles. The third-order valence-electron chi connectivity index (χ3n) is 6.46. The van der Waals surface area contributed by atoms with Crippen LogP contribution in [0.2, 0.25) is 5.02 Å². The highest BCUT2D eigenvalue weighted by atomic mass is 127. The molecule has 0 aliphatic carbocycles. The van der Waals surface area contributed by atoms with Crippen LogP contribution in [0.3, 0.4) is 0 Å². The lowest BCUT2D eigenvalue weighted by Gasteiger charge is -2.42. The summed E-state index contributed by atoms with van der Waals surface area (Å²) in [6, 6.07) is 8.04. The summed E-state index contributed by atoms with van der Waals surface area (Å²) in [5.41, 5.74) is -0.647. The molecular weight excluding hydrogens is 639 g/mol. The molecule has 1 aliphatic rings. The molecule has 0 saturated carbocycles. The van der Waals surface area contributed by atoms with E-state index in [0.717, 1.165) is 16.9 Å². The molecule has 1 atom stereocenters. The first-order valence-electron chi connectivity index (χ1n) is 12.4. The average molecular weight is 669 g/mol. The molecule has 0 radical (unpaired) electrons. The van der Waals surface area contributed by atoms with Gasteiger partial charge in [-0.1, -0.05) is 23.7 Å². The normalized spacial score (nSPS) is 15.9. The second-order valence-electron chi connectivity index (χ2n) is 10.4. The fourth-order valence-corrected chi connectivity index (χ4v) is 4.87. The van der Waals surface area contributed by atoms with Crippen molar-refractivity contribution in [2.75, 3.05) is 18.0 Å². The Bertz CT molecular complexity index is 1330. The molecule has 2 amide bonds. The molecule has 11 nitrogen and oxygen atoms in total. The minimum atomic E-state index is -1.29. The van der Waals surface area contributed by atoms with Gasteiger partial charge in [0, 0.05) is 24.3 Å². The molecular formula is C26H30ClIN6O5. The molecule has 208 valence electrons. The van der Waals surface area contributed by atoms with Gasteiger partial charge in [-0.2, -0.15) is 0 Å². The van der Waals surface area contributed by atoms with Crippen LogP contribution in [0.5, 0.6) is 0 Å². The minimum absolute atomic E-state index is 0.0998. The first-order valence-corrected chi connectivity index (χ1v) is 13.7. The van der Waals surface area contributed by atoms with E-state index in [1.54, 1.807) is 51.2 Å². The van der Waals surface area contributed by atoms with Crippen LogP contribution in [0.25, 0.3) is 11.0 Å². The van der Waals surface area contributed by atoms with Gasteiger partial charge in [-0.3, -0.25) is 9.59 Å². The number of anilines is 1. The van der Waals surface area contributed by atoms with Gasteiger partial charge >= 0.3 is 12.1 Å². The van der Waals surface area contributed by atoms with Crippen LogP contribution in [0.4, 0.5) is 10.6 Å². The van der Waals surface area contributed by atoms with Crippen LogP contribution in [0.1, 0.15) is 51.6 Å². The van der Waals surface area contributed by atoms with Gasteiger partial charge in [0.15, 0.2) is 23.0 Å². The van der Waals surface area contributed by atoms with Crippen molar-refractivity contribution >= 4 is 69.4 Å². The Morgan fingerprint density at radius 2 is 1.85 bits per heavy atom. The lowest BCUT2D eigenvalue weighted by molar-refractivity contribution is -0.133. The fraction of sp³-hybridized carbons (Fsp3) is 0.423. The van der Waals surface area contributed by atoms with Gasteiger partial charge in [0.2, 0.25) is 5.91 Å². The summed E-state index contributed by atoms with van der Waals surface area (Å²) < 4.78 is 10.3. The van der Waals surface area contributed by atoms with Crippen LogP contribution in [0, 0.1) is 0 Å². The molecule has 1 fully saturated rings. The lowest BCUT2D eigenvalue weighted by Crippen LogP contribution is -2.64. The van der Waals surface area contributed by atoms with Crippen LogP contribution in [-0.4, -0.2) is 57.2 Å². The Kier molecular flexibility index (Phi) is 8.84. The van der Waals surface area contributed by atoms with E-state index in [2.05, 4.69) is 30.5 Å². The number of nitrogens with zero attached hydrogens (tertiary/aromatic N) is 3. The van der Waals surface area contributed by atoms with Gasteiger partial charge in [0.25, 0.3) is 0 Å². The number of nitrogens with one attached hydrogen (secondary N) is 3. The Morgan fingerprint density at radius 3 is 2.49 bits per heavy atom. The summed E-state index contributed by atoms with van der Waals surface area (Å²) in [6.07, 6.45) is 3.04. The second-order valence-corrected chi connectivity index (χ2v) is 11.2. The van der Waals surface area contributed by atoms with E-state index >= 15 is 0 Å². The predicted molar refractivity (Wildman–Crippen MR) is 155 cm³/mol. The van der Waals surface area contributed by atoms with E-state index in [1.807, 2.05) is 6.07 Å². The summed E-state index contributed by atoms with van der Waals surface area (Å²) in [5.74, 6) is -0.181. The quantitative estimate of drug-likeness (QED) is 0.310. The molecule has 0 bridgehead atoms. The molecule has 1 saturated heterocycles. The zero-order chi connectivity index (χ0) is 28.2. The monoisotopic (exact) mass is 668 g/mol. The van der Waals surface area contributed by atoms with Crippen molar-refractivity contribution in [3.8, 4) is 0 Å². The van der Waals surface area contributed by atoms with Gasteiger partial charge < -0.3 is 28.3 Å². The largest absolute Gasteiger partial charge is 0.444 e. The number of piperidine rings is 1. The van der Waals surface area contributed by atoms with Gasteiger partial charge in [-0.25, -0.2) is 14.8 Å². The molecule has 0 spiro atoms. The van der Waals surface area contributed by atoms with Crippen molar-refractivity contribution in [3.63, 3.8) is 0 Å². The second kappa shape index (κ2) is 11.9. The van der Waals surface area contributed by atoms with E-state index in [9.17, 15) is 14.4 Å². The maximum atomic E-state index is 13.9. The highest BCUT2D eigenvalue weighted by Gasteiger charge is 2.45. The van der Waals surface area contributed by atoms with Gasteiger partial charge in [-0.15, -0.1) is 0 Å². The maximum absolute atomic E-state index is 13.9. The SMILES string of the molecule is CC(C)(C)OC(=O)NC1(C(=O)NC(CC(=O)OI)c2ccc(Cl)cc2)CCN(c2ncnc3[nH]ccc23)CC1. The summed E-state index contributed by atoms with van der Waals surface area (Å²) >= 11 is 7.56. The number of rotatable bonds is 7. The summed E-state index contributed by atoms with van der Waals surface area (Å²) in [4.78, 5) is 52.9. The number of aromatic amines is 1. The minimum Gasteiger partial charge on any atom is -0.444 e. The van der Waals surface area contributed by atoms with Gasteiger partial charge in [0.05, 0.1) is 17.8 Å². The summed E-state index contributed by atoms with van der Waals surface area (Å²) in [7, 11) is 0. The zero-order valence-electron chi connectivity index (χ0n) is 21.8. The van der Waals surface area contributed by atoms with Crippen molar-refractivity contribution in [2.45, 2.75) is 57.2 Å². The van der Waals surface area contributed by atoms with E-state index in [-0.39, 0.29) is 19.3 Å². The highest BCUT2D eigenvalue weighted by molar-refractivity contribution is 14.1. The Labute approximate surface area is 245 Å². The van der Waals surface area contributed by atoms with E-state index in [1.165, 1.54) is 29.3 Å². The summed E-state index contributed by atoms with van der Waals surface area (Å²) in [6.45, 7) is 6.13. The Balaban J connectivity index is 1.59. The topological polar surface area (TPSA) is 139 Å². The number of hydrogen-bond acceptors (Lipinski definition) is 8. The molecule has 1 unspecified atom stereocenters. The predicted octanol–water partition coefficient (Wildman–Crippen LogP) is 4.62. The number of ether oxygens (including phenoxy) is 1. The molecule has 1 aromatic carbocycles. The molecule has 3 N–H and O–H groups in total. The third-order valence-corrected chi connectivity index (χ3v) is 7.20. The number of amides is 2. The third kappa shape index (κ3) is 7.10. The Hall–Kier alpha value is -3.13. The van der Waals surface area contributed by atoms with Gasteiger partial charge in [0.1, 0.15) is 28.9 Å². The van der Waals surface area contributed by atoms with Crippen LogP contribution in [0.15, 0.2) is 42.9 Å². The molecule has 13 heteroatoms. The number of H-pyrrole nitrogens is 1. The molecule has 39 heavy (non-hydrogen) atoms. The van der Waals surface area contributed by atoms with Crippen molar-refractivity contribution in [3.05, 3.63) is 53.4 Å². The number of carbonyl (C=O) groups is 3. The highest BCUT2D eigenvalue weighted by Crippen LogP contribution is 2.31. The van der Waals surface area contributed by atoms with Crippen LogP contribution >= 0.6 is 34.6 Å². The number of hydrogen-bond donors (Lipinski definition) is 3. The number of aromatic nitrogens is 3.